The zero-order valence-corrected chi connectivity index (χ0v) is 61.9. The molecule has 0 aliphatic heterocycles. The van der Waals surface area contributed by atoms with E-state index in [2.05, 4.69) is 74.1 Å². The highest BCUT2D eigenvalue weighted by Crippen LogP contribution is 2.20. The summed E-state index contributed by atoms with van der Waals surface area (Å²) in [6.07, 6.45) is -0.0421. The Morgan fingerprint density at radius 3 is 1.30 bits per heavy atom. The van der Waals surface area contributed by atoms with Crippen LogP contribution in [0.1, 0.15) is 118 Å². The van der Waals surface area contributed by atoms with E-state index in [4.69, 9.17) is 22.9 Å². The van der Waals surface area contributed by atoms with Gasteiger partial charge in [0.1, 0.15) is 72.5 Å². The summed E-state index contributed by atoms with van der Waals surface area (Å²) in [5.74, 6) is -17.0. The summed E-state index contributed by atoms with van der Waals surface area (Å²) in [5.41, 5.74) is 25.2. The lowest BCUT2D eigenvalue weighted by Crippen LogP contribution is -2.62. The van der Waals surface area contributed by atoms with Crippen molar-refractivity contribution in [2.45, 2.75) is 199 Å². The monoisotopic (exact) mass is 1510 g/mol. The molecule has 0 bridgehead atoms. The standard InChI is InChI=1S/C70H110N18O19/c1-10-37(7)54(74)66(102)87-55(35(3)4)67(103)82-45(23-26-71)58(94)76-32-52(91)78-50(33-89)64(100)84-49(30-41-31-75-43-20-16-15-19-42(41)43)63(99)85-51(34-90)65(101)81-46(24-27-72)59(95)80-47(25-28-73)60(96)83-48(29-40-17-13-12-14-18-40)62(98)79-44(21-22-53(92)93)61(97)86-56(36(5)6)68(104)88-57(38(8)11-2)69(105)77-39(9)70(106)107/h12-20,31,35-39,44-51,54-57,75,89-90H,10-11,21-30,32-34,71-74H2,1-9H3,(H,76,94)(H,77,105)(H,78,91)(H,79,98)(H,80,95)(H,81,101)(H,82,103)(H,83,96)(H,84,100)(H,85,99)(H,86,97)(H,87,102)(H,88,104)(H,92,93)(H,106,107)/t37-,38-,39-,44-,45+,46-,47+,48-,49+,50+,51-,54-,55+,56-,57+/m0/s1. The minimum absolute atomic E-state index is 0.0982. The SMILES string of the molecule is CC[C@H](C)[C@H](N)C(=O)N[C@@H](C(=O)N[C@H](CCN)C(=O)NCC(=O)N[C@H](CO)C(=O)N[C@H](Cc1c[nH]c2ccccc12)C(=O)N[C@@H](CO)C(=O)N[C@@H](CCN)C(=O)N[C@H](CCN)C(=O)N[C@@H](Cc1ccccc1)C(=O)N[C@@H](CCC(=O)O)C(=O)N[C@H](C(=O)N[C@@H](C(=O)N[C@@H](C)C(=O)O)[C@@H](C)CC)C(C)C)C(C)C. The van der Waals surface area contributed by atoms with Crippen LogP contribution in [0, 0.1) is 23.7 Å². The number of carbonyl (C=O) groups is 15. The third-order valence-corrected chi connectivity index (χ3v) is 17.8. The molecule has 1 aromatic heterocycles. The van der Waals surface area contributed by atoms with Crippen LogP contribution in [0.3, 0.4) is 0 Å². The van der Waals surface area contributed by atoms with Gasteiger partial charge in [0.25, 0.3) is 0 Å². The number of aliphatic hydroxyl groups is 2. The Bertz CT molecular complexity index is 3510. The summed E-state index contributed by atoms with van der Waals surface area (Å²) in [4.78, 5) is 207. The van der Waals surface area contributed by atoms with Crippen molar-refractivity contribution in [3.8, 4) is 0 Å². The number of nitrogens with one attached hydrogen (secondary N) is 14. The highest BCUT2D eigenvalue weighted by atomic mass is 16.4. The summed E-state index contributed by atoms with van der Waals surface area (Å²) in [7, 11) is 0. The second-order valence-electron chi connectivity index (χ2n) is 26.9. The van der Waals surface area contributed by atoms with Crippen LogP contribution in [0.5, 0.6) is 0 Å². The Labute approximate surface area is 620 Å². The number of aromatic nitrogens is 1. The number of carboxylic acid groups (broad SMARTS) is 2. The van der Waals surface area contributed by atoms with Crippen molar-refractivity contribution in [2.24, 2.45) is 46.6 Å². The first-order valence-electron chi connectivity index (χ1n) is 35.6. The molecule has 37 nitrogen and oxygen atoms in total. The zero-order valence-electron chi connectivity index (χ0n) is 61.9. The number of aliphatic hydroxyl groups excluding tert-OH is 2. The van der Waals surface area contributed by atoms with Crippen LogP contribution < -0.4 is 92.1 Å². The minimum atomic E-state index is -1.88. The lowest BCUT2D eigenvalue weighted by atomic mass is 9.96. The van der Waals surface area contributed by atoms with E-state index in [0.717, 1.165) is 0 Å². The van der Waals surface area contributed by atoms with Gasteiger partial charge in [0, 0.05) is 36.4 Å². The number of nitrogens with two attached hydrogens (primary N) is 4. The second kappa shape index (κ2) is 46.0. The number of hydrogen-bond donors (Lipinski definition) is 22. The van der Waals surface area contributed by atoms with Gasteiger partial charge in [-0.25, -0.2) is 0 Å². The van der Waals surface area contributed by atoms with Gasteiger partial charge in [-0.1, -0.05) is 117 Å². The normalized spacial score (nSPS) is 15.5. The van der Waals surface area contributed by atoms with Gasteiger partial charge in [-0.05, 0) is 93.1 Å². The maximum Gasteiger partial charge on any atom is 0.325 e. The topological polar surface area (TPSA) is 613 Å². The van der Waals surface area contributed by atoms with Gasteiger partial charge >= 0.3 is 11.9 Å². The van der Waals surface area contributed by atoms with E-state index < -0.39 is 218 Å². The average Bonchev–Trinajstić information content (AvgIpc) is 1.74. The van der Waals surface area contributed by atoms with Crippen molar-refractivity contribution in [3.63, 3.8) is 0 Å². The molecule has 3 aromatic rings. The molecular weight excluding hydrogens is 1400 g/mol. The highest BCUT2D eigenvalue weighted by Gasteiger charge is 2.39. The fourth-order valence-electron chi connectivity index (χ4n) is 10.8. The van der Waals surface area contributed by atoms with Crippen LogP contribution in [0.25, 0.3) is 10.9 Å². The van der Waals surface area contributed by atoms with Gasteiger partial charge in [0.05, 0.1) is 25.8 Å². The molecule has 0 fully saturated rings. The van der Waals surface area contributed by atoms with Crippen molar-refractivity contribution >= 4 is 99.6 Å². The summed E-state index contributed by atoms with van der Waals surface area (Å²) >= 11 is 0. The smallest absolute Gasteiger partial charge is 0.325 e. The minimum Gasteiger partial charge on any atom is -0.481 e. The van der Waals surface area contributed by atoms with E-state index >= 15 is 0 Å². The van der Waals surface area contributed by atoms with Crippen molar-refractivity contribution in [3.05, 3.63) is 71.9 Å². The molecule has 0 spiro atoms. The fraction of sp³-hybridized carbons (Fsp3) is 0.586. The zero-order chi connectivity index (χ0) is 80.4. The van der Waals surface area contributed by atoms with E-state index in [1.807, 2.05) is 6.92 Å². The number of H-pyrrole nitrogens is 1. The molecule has 0 radical (unpaired) electrons. The van der Waals surface area contributed by atoms with Crippen molar-refractivity contribution in [1.29, 1.82) is 0 Å². The summed E-state index contributed by atoms with van der Waals surface area (Å²) in [6, 6.07) is -4.07. The predicted molar refractivity (Wildman–Crippen MR) is 390 cm³/mol. The first-order valence-corrected chi connectivity index (χ1v) is 35.6. The molecule has 37 heteroatoms. The maximum atomic E-state index is 14.5. The molecule has 0 aliphatic carbocycles. The molecule has 0 unspecified atom stereocenters. The predicted octanol–water partition coefficient (Wildman–Crippen LogP) is -5.38. The molecular formula is C70H110N18O19. The Kier molecular flexibility index (Phi) is 39.1. The van der Waals surface area contributed by atoms with Crippen LogP contribution in [0.2, 0.25) is 0 Å². The lowest BCUT2D eigenvalue weighted by Gasteiger charge is -2.30. The van der Waals surface area contributed by atoms with E-state index in [0.29, 0.717) is 34.9 Å². The molecule has 15 atom stereocenters. The third-order valence-electron chi connectivity index (χ3n) is 17.8. The molecule has 1 heterocycles. The molecule has 0 aliphatic rings. The summed E-state index contributed by atoms with van der Waals surface area (Å²) < 4.78 is 0. The molecule has 107 heavy (non-hydrogen) atoms. The Hall–Kier alpha value is -10.2. The molecule has 0 saturated heterocycles. The first-order chi connectivity index (χ1) is 50.6. The first kappa shape index (κ1) is 91.0. The average molecular weight is 1510 g/mol. The number of aliphatic carboxylic acids is 2. The van der Waals surface area contributed by atoms with E-state index in [1.54, 1.807) is 109 Å². The van der Waals surface area contributed by atoms with Crippen molar-refractivity contribution < 1.29 is 92.3 Å². The summed E-state index contributed by atoms with van der Waals surface area (Å²) in [6.45, 7) is 11.1. The number of aromatic amines is 1. The van der Waals surface area contributed by atoms with Crippen molar-refractivity contribution in [2.75, 3.05) is 39.4 Å². The number of carboxylic acids is 2. The Morgan fingerprint density at radius 1 is 0.421 bits per heavy atom. The second-order valence-corrected chi connectivity index (χ2v) is 26.9. The van der Waals surface area contributed by atoms with E-state index in [-0.39, 0.29) is 57.7 Å². The van der Waals surface area contributed by atoms with Gasteiger partial charge in [-0.15, -0.1) is 0 Å². The van der Waals surface area contributed by atoms with Gasteiger partial charge in [0.15, 0.2) is 0 Å². The largest absolute Gasteiger partial charge is 0.481 e. The summed E-state index contributed by atoms with van der Waals surface area (Å²) in [5, 5.41) is 72.8. The van der Waals surface area contributed by atoms with Crippen LogP contribution in [-0.4, -0.2) is 232 Å². The van der Waals surface area contributed by atoms with Gasteiger partial charge in [-0.2, -0.15) is 0 Å². The third kappa shape index (κ3) is 29.6. The number of para-hydroxylation sites is 1. The fourth-order valence-corrected chi connectivity index (χ4v) is 10.8. The maximum absolute atomic E-state index is 14.5. The van der Waals surface area contributed by atoms with Crippen LogP contribution in [0.4, 0.5) is 0 Å². The van der Waals surface area contributed by atoms with E-state index in [1.165, 1.54) is 6.92 Å². The highest BCUT2D eigenvalue weighted by molar-refractivity contribution is 6.00. The van der Waals surface area contributed by atoms with Gasteiger partial charge in [-0.3, -0.25) is 71.9 Å². The molecule has 2 aromatic carbocycles. The molecule has 594 valence electrons. The number of carbonyl (C=O) groups excluding carboxylic acids is 13. The van der Waals surface area contributed by atoms with E-state index in [9.17, 15) is 92.3 Å². The molecule has 13 amide bonds. The van der Waals surface area contributed by atoms with Crippen LogP contribution in [-0.2, 0) is 84.8 Å². The molecule has 3 rings (SSSR count). The quantitative estimate of drug-likeness (QED) is 0.0251. The van der Waals surface area contributed by atoms with Crippen LogP contribution >= 0.6 is 0 Å². The number of benzene rings is 2. The number of hydrogen-bond acceptors (Lipinski definition) is 21. The Morgan fingerprint density at radius 2 is 0.813 bits per heavy atom. The Balaban J connectivity index is 1.87. The number of fused-ring (bicyclic) bond motifs is 1. The van der Waals surface area contributed by atoms with Gasteiger partial charge in [0.2, 0.25) is 76.8 Å². The molecule has 0 saturated carbocycles. The number of amides is 13. The lowest BCUT2D eigenvalue weighted by molar-refractivity contribution is -0.142. The van der Waals surface area contributed by atoms with Gasteiger partial charge < -0.3 is 117 Å². The van der Waals surface area contributed by atoms with Crippen LogP contribution in [0.15, 0.2) is 60.8 Å². The number of rotatable bonds is 48. The van der Waals surface area contributed by atoms with Crippen molar-refractivity contribution in [1.82, 2.24) is 74.1 Å². The molecule has 26 N–H and O–H groups in total.